The first-order chi connectivity index (χ1) is 15.1. The maximum absolute atomic E-state index is 13.2. The lowest BCUT2D eigenvalue weighted by Crippen LogP contribution is -2.81. The molecule has 3 atom stereocenters. The third-order valence-corrected chi connectivity index (χ3v) is 6.44. The predicted molar refractivity (Wildman–Crippen MR) is 117 cm³/mol. The molecule has 32 heavy (non-hydrogen) atoms. The first kappa shape index (κ1) is 22.0. The number of ether oxygens (including phenoxy) is 1. The minimum absolute atomic E-state index is 0.0243. The summed E-state index contributed by atoms with van der Waals surface area (Å²) in [6.45, 7) is 5.63. The van der Waals surface area contributed by atoms with E-state index in [1.165, 1.54) is 0 Å². The molecule has 3 unspecified atom stereocenters. The van der Waals surface area contributed by atoms with Crippen LogP contribution in [0.1, 0.15) is 44.2 Å². The predicted octanol–water partition coefficient (Wildman–Crippen LogP) is 3.27. The molecule has 168 valence electrons. The van der Waals surface area contributed by atoms with Gasteiger partial charge in [0.15, 0.2) is 0 Å². The molecule has 2 aromatic rings. The number of fused-ring (bicyclic) bond motifs is 3. The van der Waals surface area contributed by atoms with Crippen molar-refractivity contribution in [3.63, 3.8) is 0 Å². The molecule has 0 saturated carbocycles. The van der Waals surface area contributed by atoms with Crippen molar-refractivity contribution in [2.24, 2.45) is 11.3 Å². The van der Waals surface area contributed by atoms with E-state index in [1.54, 1.807) is 0 Å². The monoisotopic (exact) mass is 437 g/mol. The smallest absolute Gasteiger partial charge is 0.338 e. The van der Waals surface area contributed by atoms with E-state index in [1.807, 2.05) is 69.3 Å². The number of esters is 1. The Morgan fingerprint density at radius 3 is 1.97 bits per heavy atom. The van der Waals surface area contributed by atoms with Crippen molar-refractivity contribution >= 4 is 17.9 Å². The van der Waals surface area contributed by atoms with Crippen LogP contribution in [0.3, 0.4) is 0 Å². The second-order valence-electron chi connectivity index (χ2n) is 9.77. The highest BCUT2D eigenvalue weighted by Gasteiger charge is 2.67. The van der Waals surface area contributed by atoms with Gasteiger partial charge in [0.1, 0.15) is 12.6 Å². The zero-order chi connectivity index (χ0) is 23.3. The third-order valence-electron chi connectivity index (χ3n) is 6.44. The summed E-state index contributed by atoms with van der Waals surface area (Å²) in [7, 11) is 0. The quantitative estimate of drug-likeness (QED) is 0.470. The highest BCUT2D eigenvalue weighted by atomic mass is 16.5. The average molecular weight is 437 g/mol. The zero-order valence-electron chi connectivity index (χ0n) is 18.3. The Hall–Kier alpha value is -3.19. The first-order valence-electron chi connectivity index (χ1n) is 10.7. The van der Waals surface area contributed by atoms with Crippen molar-refractivity contribution < 1.29 is 29.3 Å². The SMILES string of the molecule is CC(C)(C)CC1C(C(=O)O)NC1(C(=O)O)C(=O)OCC1c2ccccc2-c2ccccc21. The average Bonchev–Trinajstić information content (AvgIpc) is 3.03. The Balaban J connectivity index is 1.60. The Morgan fingerprint density at radius 2 is 1.50 bits per heavy atom. The summed E-state index contributed by atoms with van der Waals surface area (Å²) in [4.78, 5) is 37.1. The zero-order valence-corrected chi connectivity index (χ0v) is 18.3. The molecule has 1 heterocycles. The van der Waals surface area contributed by atoms with E-state index in [9.17, 15) is 24.6 Å². The minimum atomic E-state index is -2.08. The van der Waals surface area contributed by atoms with Crippen molar-refractivity contribution in [3.05, 3.63) is 59.7 Å². The Morgan fingerprint density at radius 1 is 0.969 bits per heavy atom. The molecule has 3 N–H and O–H groups in total. The van der Waals surface area contributed by atoms with Crippen molar-refractivity contribution in [1.82, 2.24) is 5.32 Å². The van der Waals surface area contributed by atoms with Crippen LogP contribution in [0.25, 0.3) is 11.1 Å². The van der Waals surface area contributed by atoms with E-state index in [0.29, 0.717) is 0 Å². The molecule has 0 spiro atoms. The number of hydrogen-bond acceptors (Lipinski definition) is 5. The molecule has 4 rings (SSSR count). The Bertz CT molecular complexity index is 1040. The number of carbonyl (C=O) groups is 3. The van der Waals surface area contributed by atoms with E-state index in [2.05, 4.69) is 5.32 Å². The summed E-state index contributed by atoms with van der Waals surface area (Å²) in [5.74, 6) is -4.68. The second kappa shape index (κ2) is 7.74. The fraction of sp³-hybridized carbons (Fsp3) is 0.400. The molecule has 0 radical (unpaired) electrons. The van der Waals surface area contributed by atoms with Crippen LogP contribution in [0.4, 0.5) is 0 Å². The fourth-order valence-corrected chi connectivity index (χ4v) is 5.00. The van der Waals surface area contributed by atoms with Crippen LogP contribution in [0.15, 0.2) is 48.5 Å². The molecule has 7 heteroatoms. The lowest BCUT2D eigenvalue weighted by Gasteiger charge is -2.51. The van der Waals surface area contributed by atoms with Gasteiger partial charge in [-0.15, -0.1) is 0 Å². The van der Waals surface area contributed by atoms with Crippen molar-refractivity contribution in [2.75, 3.05) is 6.61 Å². The van der Waals surface area contributed by atoms with Crippen LogP contribution in [0.2, 0.25) is 0 Å². The number of benzene rings is 2. The van der Waals surface area contributed by atoms with Gasteiger partial charge in [0.05, 0.1) is 0 Å². The van der Waals surface area contributed by atoms with E-state index < -0.39 is 35.4 Å². The van der Waals surface area contributed by atoms with Gasteiger partial charge < -0.3 is 14.9 Å². The van der Waals surface area contributed by atoms with Crippen LogP contribution in [-0.4, -0.2) is 46.3 Å². The largest absolute Gasteiger partial charge is 0.480 e. The second-order valence-corrected chi connectivity index (χ2v) is 9.77. The van der Waals surface area contributed by atoms with Crippen molar-refractivity contribution in [2.45, 2.75) is 44.7 Å². The van der Waals surface area contributed by atoms with E-state index >= 15 is 0 Å². The molecular weight excluding hydrogens is 410 g/mol. The third kappa shape index (κ3) is 3.46. The number of hydrogen-bond donors (Lipinski definition) is 3. The molecule has 1 aliphatic heterocycles. The van der Waals surface area contributed by atoms with Crippen LogP contribution in [-0.2, 0) is 19.1 Å². The topological polar surface area (TPSA) is 113 Å². The van der Waals surface area contributed by atoms with E-state index in [-0.39, 0.29) is 24.4 Å². The molecule has 2 aromatic carbocycles. The van der Waals surface area contributed by atoms with E-state index in [0.717, 1.165) is 22.3 Å². The van der Waals surface area contributed by atoms with Gasteiger partial charge in [-0.25, -0.2) is 9.59 Å². The number of nitrogens with one attached hydrogen (secondary N) is 1. The fourth-order valence-electron chi connectivity index (χ4n) is 5.00. The molecule has 1 fully saturated rings. The lowest BCUT2D eigenvalue weighted by atomic mass is 9.64. The van der Waals surface area contributed by atoms with Crippen LogP contribution >= 0.6 is 0 Å². The van der Waals surface area contributed by atoms with Crippen LogP contribution in [0, 0.1) is 11.3 Å². The van der Waals surface area contributed by atoms with Gasteiger partial charge in [0.2, 0.25) is 5.54 Å². The van der Waals surface area contributed by atoms with Gasteiger partial charge >= 0.3 is 17.9 Å². The molecule has 0 aromatic heterocycles. The lowest BCUT2D eigenvalue weighted by molar-refractivity contribution is -0.182. The standard InChI is InChI=1S/C25H27NO6/c1-24(2,3)12-19-20(21(27)28)26-25(19,22(29)30)23(31)32-13-18-16-10-6-4-8-14(16)15-9-5-7-11-17(15)18/h4-11,18-20,26H,12-13H2,1-3H3,(H,27,28)(H,29,30). The first-order valence-corrected chi connectivity index (χ1v) is 10.7. The normalized spacial score (nSPS) is 24.2. The molecule has 0 amide bonds. The highest BCUT2D eigenvalue weighted by Crippen LogP contribution is 2.46. The summed E-state index contributed by atoms with van der Waals surface area (Å²) in [6.07, 6.45) is 0.244. The summed E-state index contributed by atoms with van der Waals surface area (Å²) in [5, 5.41) is 22.0. The molecule has 0 bridgehead atoms. The molecule has 2 aliphatic rings. The van der Waals surface area contributed by atoms with Crippen molar-refractivity contribution in [1.29, 1.82) is 0 Å². The summed E-state index contributed by atoms with van der Waals surface area (Å²) < 4.78 is 5.61. The minimum Gasteiger partial charge on any atom is -0.480 e. The maximum atomic E-state index is 13.2. The number of carbonyl (C=O) groups excluding carboxylic acids is 1. The van der Waals surface area contributed by atoms with Gasteiger partial charge in [0.25, 0.3) is 0 Å². The number of aliphatic carboxylic acids is 2. The van der Waals surface area contributed by atoms with Gasteiger partial charge in [-0.3, -0.25) is 10.1 Å². The number of carboxylic acid groups (broad SMARTS) is 2. The molecule has 1 saturated heterocycles. The Labute approximate surface area is 186 Å². The summed E-state index contributed by atoms with van der Waals surface area (Å²) in [6, 6.07) is 14.6. The number of rotatable bonds is 6. The maximum Gasteiger partial charge on any atom is 0.338 e. The highest BCUT2D eigenvalue weighted by molar-refractivity contribution is 6.08. The van der Waals surface area contributed by atoms with Crippen molar-refractivity contribution in [3.8, 4) is 11.1 Å². The molecular formula is C25H27NO6. The Kier molecular flexibility index (Phi) is 5.33. The van der Waals surface area contributed by atoms with Gasteiger partial charge in [-0.05, 0) is 34.1 Å². The van der Waals surface area contributed by atoms with Crippen LogP contribution in [0.5, 0.6) is 0 Å². The van der Waals surface area contributed by atoms with Gasteiger partial charge in [-0.2, -0.15) is 0 Å². The van der Waals surface area contributed by atoms with Gasteiger partial charge in [-0.1, -0.05) is 69.3 Å². The molecule has 7 nitrogen and oxygen atoms in total. The van der Waals surface area contributed by atoms with Gasteiger partial charge in [0, 0.05) is 11.8 Å². The summed E-state index contributed by atoms with van der Waals surface area (Å²) >= 11 is 0. The van der Waals surface area contributed by atoms with Crippen LogP contribution < -0.4 is 5.32 Å². The number of carboxylic acids is 2. The summed E-state index contributed by atoms with van der Waals surface area (Å²) in [5.41, 5.74) is 1.72. The van der Waals surface area contributed by atoms with E-state index in [4.69, 9.17) is 4.74 Å². The molecule has 1 aliphatic carbocycles.